The van der Waals surface area contributed by atoms with E-state index in [2.05, 4.69) is 10.6 Å². The van der Waals surface area contributed by atoms with Gasteiger partial charge in [-0.1, -0.05) is 30.3 Å². The zero-order valence-electron chi connectivity index (χ0n) is 16.0. The van der Waals surface area contributed by atoms with E-state index in [1.165, 1.54) is 0 Å². The minimum Gasteiger partial charge on any atom is -0.489 e. The molecule has 2 rings (SSSR count). The molecule has 0 aliphatic heterocycles. The van der Waals surface area contributed by atoms with Crippen LogP contribution in [0.25, 0.3) is 0 Å². The van der Waals surface area contributed by atoms with Crippen molar-refractivity contribution in [1.82, 2.24) is 10.6 Å². The summed E-state index contributed by atoms with van der Waals surface area (Å²) in [5.74, 6) is 0.484. The summed E-state index contributed by atoms with van der Waals surface area (Å²) >= 11 is 0. The van der Waals surface area contributed by atoms with Gasteiger partial charge in [0.05, 0.1) is 0 Å². The highest BCUT2D eigenvalue weighted by atomic mass is 16.6. The smallest absolute Gasteiger partial charge is 0.407 e. The van der Waals surface area contributed by atoms with Gasteiger partial charge in [0.2, 0.25) is 0 Å². The van der Waals surface area contributed by atoms with Crippen LogP contribution in [-0.2, 0) is 11.3 Å². The van der Waals surface area contributed by atoms with E-state index >= 15 is 0 Å². The molecule has 2 aromatic rings. The fourth-order valence-corrected chi connectivity index (χ4v) is 2.20. The second-order valence-corrected chi connectivity index (χ2v) is 6.98. The Morgan fingerprint density at radius 2 is 1.52 bits per heavy atom. The Morgan fingerprint density at radius 1 is 0.889 bits per heavy atom. The largest absolute Gasteiger partial charge is 0.489 e. The summed E-state index contributed by atoms with van der Waals surface area (Å²) in [6, 6.07) is 16.8. The summed E-state index contributed by atoms with van der Waals surface area (Å²) in [6.07, 6.45) is -0.503. The van der Waals surface area contributed by atoms with E-state index in [0.717, 1.165) is 5.56 Å². The summed E-state index contributed by atoms with van der Waals surface area (Å²) in [5.41, 5.74) is 1.06. The van der Waals surface area contributed by atoms with Gasteiger partial charge in [0.1, 0.15) is 18.0 Å². The fraction of sp³-hybridized carbons (Fsp3) is 0.333. The number of alkyl carbamates (subject to hydrolysis) is 1. The van der Waals surface area contributed by atoms with Crippen LogP contribution in [0.5, 0.6) is 5.75 Å². The Labute approximate surface area is 159 Å². The average molecular weight is 370 g/mol. The third-order valence-corrected chi connectivity index (χ3v) is 3.44. The SMILES string of the molecule is CC(C)(C)OC(=O)NCCNC(=O)c1ccc(OCc2ccccc2)cc1. The van der Waals surface area contributed by atoms with Gasteiger partial charge in [-0.15, -0.1) is 0 Å². The molecule has 2 aromatic carbocycles. The van der Waals surface area contributed by atoms with E-state index in [4.69, 9.17) is 9.47 Å². The summed E-state index contributed by atoms with van der Waals surface area (Å²) in [4.78, 5) is 23.6. The number of benzene rings is 2. The zero-order valence-corrected chi connectivity index (χ0v) is 16.0. The Morgan fingerprint density at radius 3 is 2.15 bits per heavy atom. The molecule has 2 amide bonds. The first-order valence-corrected chi connectivity index (χ1v) is 8.85. The zero-order chi connectivity index (χ0) is 19.7. The number of ether oxygens (including phenoxy) is 2. The van der Waals surface area contributed by atoms with Crippen molar-refractivity contribution in [2.75, 3.05) is 13.1 Å². The highest BCUT2D eigenvalue weighted by Crippen LogP contribution is 2.14. The van der Waals surface area contributed by atoms with Crippen molar-refractivity contribution < 1.29 is 19.1 Å². The average Bonchev–Trinajstić information content (AvgIpc) is 2.63. The lowest BCUT2D eigenvalue weighted by atomic mass is 10.2. The van der Waals surface area contributed by atoms with Gasteiger partial charge in [-0.05, 0) is 50.6 Å². The number of hydrogen-bond acceptors (Lipinski definition) is 4. The molecule has 2 N–H and O–H groups in total. The molecule has 0 heterocycles. The summed E-state index contributed by atoms with van der Waals surface area (Å²) in [6.45, 7) is 6.46. The van der Waals surface area contributed by atoms with Gasteiger partial charge in [0.25, 0.3) is 5.91 Å². The Hall–Kier alpha value is -3.02. The number of nitrogens with one attached hydrogen (secondary N) is 2. The molecule has 27 heavy (non-hydrogen) atoms. The van der Waals surface area contributed by atoms with Gasteiger partial charge in [-0.3, -0.25) is 4.79 Å². The standard InChI is InChI=1S/C21H26N2O4/c1-21(2,3)27-20(25)23-14-13-22-19(24)17-9-11-18(12-10-17)26-15-16-7-5-4-6-8-16/h4-12H,13-15H2,1-3H3,(H,22,24)(H,23,25). The lowest BCUT2D eigenvalue weighted by Crippen LogP contribution is -2.37. The molecule has 0 unspecified atom stereocenters. The van der Waals surface area contributed by atoms with Crippen LogP contribution in [0.2, 0.25) is 0 Å². The summed E-state index contributed by atoms with van der Waals surface area (Å²) < 4.78 is 10.8. The second-order valence-electron chi connectivity index (χ2n) is 6.98. The molecule has 0 aromatic heterocycles. The van der Waals surface area contributed by atoms with Gasteiger partial charge in [-0.25, -0.2) is 4.79 Å². The first-order valence-electron chi connectivity index (χ1n) is 8.85. The number of carbonyl (C=O) groups excluding carboxylic acids is 2. The van der Waals surface area contributed by atoms with Crippen molar-refractivity contribution in [2.45, 2.75) is 33.0 Å². The van der Waals surface area contributed by atoms with Crippen molar-refractivity contribution in [3.63, 3.8) is 0 Å². The molecule has 0 bridgehead atoms. The highest BCUT2D eigenvalue weighted by Gasteiger charge is 2.15. The molecule has 0 radical (unpaired) electrons. The van der Waals surface area contributed by atoms with Crippen LogP contribution >= 0.6 is 0 Å². The Kier molecular flexibility index (Phi) is 7.23. The van der Waals surface area contributed by atoms with Crippen molar-refractivity contribution in [3.8, 4) is 5.75 Å². The first kappa shape index (κ1) is 20.3. The van der Waals surface area contributed by atoms with Crippen LogP contribution in [0.1, 0.15) is 36.7 Å². The molecule has 0 saturated heterocycles. The molecule has 144 valence electrons. The third-order valence-electron chi connectivity index (χ3n) is 3.44. The van der Waals surface area contributed by atoms with Gasteiger partial charge in [0, 0.05) is 18.7 Å². The van der Waals surface area contributed by atoms with Gasteiger partial charge in [0.15, 0.2) is 0 Å². The van der Waals surface area contributed by atoms with Crippen LogP contribution in [0.3, 0.4) is 0 Å². The maximum absolute atomic E-state index is 12.1. The predicted octanol–water partition coefficient (Wildman–Crippen LogP) is 3.52. The molecular weight excluding hydrogens is 344 g/mol. The van der Waals surface area contributed by atoms with Gasteiger partial charge in [-0.2, -0.15) is 0 Å². The van der Waals surface area contributed by atoms with Gasteiger partial charge < -0.3 is 20.1 Å². The highest BCUT2D eigenvalue weighted by molar-refractivity contribution is 5.94. The number of amides is 2. The van der Waals surface area contributed by atoms with Crippen LogP contribution in [0, 0.1) is 0 Å². The quantitative estimate of drug-likeness (QED) is 0.731. The van der Waals surface area contributed by atoms with Crippen LogP contribution in [0.15, 0.2) is 54.6 Å². The maximum atomic E-state index is 12.1. The van der Waals surface area contributed by atoms with Crippen molar-refractivity contribution in [1.29, 1.82) is 0 Å². The molecule has 0 fully saturated rings. The van der Waals surface area contributed by atoms with Crippen molar-refractivity contribution in [3.05, 3.63) is 65.7 Å². The predicted molar refractivity (Wildman–Crippen MR) is 104 cm³/mol. The van der Waals surface area contributed by atoms with Gasteiger partial charge >= 0.3 is 6.09 Å². The normalized spacial score (nSPS) is 10.8. The van der Waals surface area contributed by atoms with E-state index < -0.39 is 11.7 Å². The Balaban J connectivity index is 1.71. The first-order chi connectivity index (χ1) is 12.8. The lowest BCUT2D eigenvalue weighted by molar-refractivity contribution is 0.0526. The molecule has 6 nitrogen and oxygen atoms in total. The maximum Gasteiger partial charge on any atom is 0.407 e. The van der Waals surface area contributed by atoms with Crippen LogP contribution in [0.4, 0.5) is 4.79 Å². The topological polar surface area (TPSA) is 76.7 Å². The molecule has 0 atom stereocenters. The van der Waals surface area contributed by atoms with E-state index in [1.54, 1.807) is 45.0 Å². The van der Waals surface area contributed by atoms with Crippen molar-refractivity contribution >= 4 is 12.0 Å². The van der Waals surface area contributed by atoms with E-state index in [-0.39, 0.29) is 5.91 Å². The minimum absolute atomic E-state index is 0.212. The fourth-order valence-electron chi connectivity index (χ4n) is 2.20. The van der Waals surface area contributed by atoms with E-state index in [1.807, 2.05) is 30.3 Å². The molecule has 0 aliphatic rings. The van der Waals surface area contributed by atoms with E-state index in [9.17, 15) is 9.59 Å². The number of hydrogen-bond donors (Lipinski definition) is 2. The van der Waals surface area contributed by atoms with Crippen LogP contribution in [-0.4, -0.2) is 30.7 Å². The molecule has 0 spiro atoms. The third kappa shape index (κ3) is 7.81. The summed E-state index contributed by atoms with van der Waals surface area (Å²) in [5, 5.41) is 5.34. The second kappa shape index (κ2) is 9.62. The summed E-state index contributed by atoms with van der Waals surface area (Å²) in [7, 11) is 0. The van der Waals surface area contributed by atoms with E-state index in [0.29, 0.717) is 31.0 Å². The monoisotopic (exact) mass is 370 g/mol. The van der Waals surface area contributed by atoms with Crippen LogP contribution < -0.4 is 15.4 Å². The van der Waals surface area contributed by atoms with Crippen molar-refractivity contribution in [2.24, 2.45) is 0 Å². The molecular formula is C21H26N2O4. The number of carbonyl (C=O) groups is 2. The lowest BCUT2D eigenvalue weighted by Gasteiger charge is -2.19. The minimum atomic E-state index is -0.544. The number of rotatable bonds is 7. The molecule has 0 aliphatic carbocycles. The molecule has 0 saturated carbocycles. The Bertz CT molecular complexity index is 737. The molecule has 6 heteroatoms.